The van der Waals surface area contributed by atoms with Gasteiger partial charge >= 0.3 is 5.97 Å². The Labute approximate surface area is 186 Å². The van der Waals surface area contributed by atoms with E-state index in [4.69, 9.17) is 9.47 Å². The van der Waals surface area contributed by atoms with Crippen molar-refractivity contribution in [2.75, 3.05) is 0 Å². The van der Waals surface area contributed by atoms with Crippen LogP contribution >= 0.6 is 0 Å². The van der Waals surface area contributed by atoms with Gasteiger partial charge in [0.1, 0.15) is 29.9 Å². The zero-order valence-corrected chi connectivity index (χ0v) is 18.4. The number of fused-ring (bicyclic) bond motifs is 3. The summed E-state index contributed by atoms with van der Waals surface area (Å²) in [6.07, 6.45) is 0.690. The van der Waals surface area contributed by atoms with Gasteiger partial charge in [-0.05, 0) is 57.0 Å². The first-order valence-corrected chi connectivity index (χ1v) is 10.7. The molecular formula is C25H26N2O5. The Morgan fingerprint density at radius 1 is 1.28 bits per heavy atom. The Morgan fingerprint density at radius 3 is 2.72 bits per heavy atom. The molecule has 0 spiro atoms. The molecule has 0 bridgehead atoms. The molecule has 0 fully saturated rings. The van der Waals surface area contributed by atoms with Gasteiger partial charge in [-0.15, -0.1) is 0 Å². The molecule has 2 heterocycles. The highest BCUT2D eigenvalue weighted by Gasteiger charge is 2.32. The molecule has 3 aromatic rings. The number of rotatable bonds is 7. The predicted octanol–water partition coefficient (Wildman–Crippen LogP) is 4.86. The fourth-order valence-corrected chi connectivity index (χ4v) is 4.50. The van der Waals surface area contributed by atoms with E-state index in [0.717, 1.165) is 16.6 Å². The van der Waals surface area contributed by atoms with Crippen LogP contribution in [0.1, 0.15) is 55.0 Å². The van der Waals surface area contributed by atoms with Crippen LogP contribution in [0.4, 0.5) is 0 Å². The molecule has 1 unspecified atom stereocenters. The van der Waals surface area contributed by atoms with E-state index >= 15 is 0 Å². The van der Waals surface area contributed by atoms with Gasteiger partial charge in [-0.2, -0.15) is 5.26 Å². The molecule has 1 aliphatic heterocycles. The first-order chi connectivity index (χ1) is 15.3. The number of benzene rings is 2. The number of carboxylic acids is 1. The van der Waals surface area contributed by atoms with E-state index in [2.05, 4.69) is 6.07 Å². The van der Waals surface area contributed by atoms with Crippen LogP contribution in [0.3, 0.4) is 0 Å². The number of nitrogens with zero attached hydrogens (tertiary/aromatic N) is 2. The molecule has 1 atom stereocenters. The minimum absolute atomic E-state index is 0.00400. The standard InChI is InChI=1S/C25H26N2O5/c1-14(2)32-21-6-4-16(10-18(21)12-26)13-31-20-7-5-19-23(15(20)3)25(30)24-17(11-22(28)29)8-9-27(19)24/h4-7,10,14,17,30H,8-9,11,13H2,1-3H3,(H,28,29). The van der Waals surface area contributed by atoms with Crippen molar-refractivity contribution < 1.29 is 24.5 Å². The number of nitriles is 1. The summed E-state index contributed by atoms with van der Waals surface area (Å²) in [5.74, 6) is 0.268. The fourth-order valence-electron chi connectivity index (χ4n) is 4.50. The lowest BCUT2D eigenvalue weighted by molar-refractivity contribution is -0.137. The zero-order chi connectivity index (χ0) is 23.0. The lowest BCUT2D eigenvalue weighted by Crippen LogP contribution is -2.07. The second kappa shape index (κ2) is 8.46. The second-order valence-corrected chi connectivity index (χ2v) is 8.45. The molecule has 0 saturated carbocycles. The van der Waals surface area contributed by atoms with Gasteiger partial charge < -0.3 is 24.3 Å². The molecule has 4 rings (SSSR count). The number of hydrogen-bond acceptors (Lipinski definition) is 5. The first-order valence-electron chi connectivity index (χ1n) is 10.7. The van der Waals surface area contributed by atoms with Crippen molar-refractivity contribution in [2.45, 2.75) is 58.8 Å². The van der Waals surface area contributed by atoms with E-state index < -0.39 is 5.97 Å². The highest BCUT2D eigenvalue weighted by atomic mass is 16.5. The zero-order valence-electron chi connectivity index (χ0n) is 18.4. The van der Waals surface area contributed by atoms with Gasteiger partial charge in [0.25, 0.3) is 0 Å². The van der Waals surface area contributed by atoms with E-state index in [0.29, 0.717) is 41.1 Å². The molecule has 1 aliphatic rings. The SMILES string of the molecule is Cc1c(OCc2ccc(OC(C)C)c(C#N)c2)ccc2c1c(O)c1n2CCC1CC(=O)O. The van der Waals surface area contributed by atoms with Crippen molar-refractivity contribution in [3.05, 3.63) is 52.7 Å². The first kappa shape index (κ1) is 21.6. The lowest BCUT2D eigenvalue weighted by Gasteiger charge is -2.14. The summed E-state index contributed by atoms with van der Waals surface area (Å²) in [4.78, 5) is 11.2. The molecule has 32 heavy (non-hydrogen) atoms. The largest absolute Gasteiger partial charge is 0.505 e. The Kier molecular flexibility index (Phi) is 5.70. The molecule has 2 aromatic carbocycles. The topological polar surface area (TPSA) is 105 Å². The van der Waals surface area contributed by atoms with Crippen molar-refractivity contribution in [3.8, 4) is 23.3 Å². The predicted molar refractivity (Wildman–Crippen MR) is 119 cm³/mol. The number of hydrogen-bond donors (Lipinski definition) is 2. The van der Waals surface area contributed by atoms with Gasteiger partial charge in [0, 0.05) is 23.4 Å². The van der Waals surface area contributed by atoms with Crippen molar-refractivity contribution in [3.63, 3.8) is 0 Å². The highest BCUT2D eigenvalue weighted by Crippen LogP contribution is 2.46. The van der Waals surface area contributed by atoms with E-state index in [1.165, 1.54) is 0 Å². The van der Waals surface area contributed by atoms with Gasteiger partial charge in [-0.3, -0.25) is 4.79 Å². The molecule has 7 nitrogen and oxygen atoms in total. The van der Waals surface area contributed by atoms with Crippen LogP contribution in [-0.2, 0) is 17.9 Å². The maximum Gasteiger partial charge on any atom is 0.304 e. The quantitative estimate of drug-likeness (QED) is 0.550. The van der Waals surface area contributed by atoms with Crippen LogP contribution in [0, 0.1) is 18.3 Å². The van der Waals surface area contributed by atoms with E-state index in [1.54, 1.807) is 12.1 Å². The monoisotopic (exact) mass is 434 g/mol. The van der Waals surface area contributed by atoms with Crippen LogP contribution in [0.15, 0.2) is 30.3 Å². The number of aliphatic carboxylic acids is 1. The average Bonchev–Trinajstić information content (AvgIpc) is 3.27. The van der Waals surface area contributed by atoms with Gasteiger partial charge in [0.2, 0.25) is 0 Å². The molecule has 2 N–H and O–H groups in total. The van der Waals surface area contributed by atoms with Gasteiger partial charge in [0.05, 0.1) is 29.3 Å². The number of aromatic nitrogens is 1. The van der Waals surface area contributed by atoms with Crippen LogP contribution in [0.2, 0.25) is 0 Å². The van der Waals surface area contributed by atoms with Crippen molar-refractivity contribution in [1.82, 2.24) is 4.57 Å². The maximum absolute atomic E-state index is 11.2. The van der Waals surface area contributed by atoms with Gasteiger partial charge in [-0.1, -0.05) is 6.07 Å². The molecule has 1 aromatic heterocycles. The molecular weight excluding hydrogens is 408 g/mol. The number of carboxylic acid groups (broad SMARTS) is 1. The second-order valence-electron chi connectivity index (χ2n) is 8.45. The van der Waals surface area contributed by atoms with Crippen LogP contribution in [0.25, 0.3) is 10.9 Å². The number of ether oxygens (including phenoxy) is 2. The third-order valence-electron chi connectivity index (χ3n) is 5.88. The summed E-state index contributed by atoms with van der Waals surface area (Å²) in [7, 11) is 0. The number of aromatic hydroxyl groups is 1. The van der Waals surface area contributed by atoms with Crippen LogP contribution in [0.5, 0.6) is 17.2 Å². The van der Waals surface area contributed by atoms with E-state index in [-0.39, 0.29) is 30.8 Å². The lowest BCUT2D eigenvalue weighted by atomic mass is 9.98. The Bertz CT molecular complexity index is 1240. The molecule has 0 aliphatic carbocycles. The summed E-state index contributed by atoms with van der Waals surface area (Å²) in [6.45, 7) is 6.66. The van der Waals surface area contributed by atoms with Crippen molar-refractivity contribution in [2.24, 2.45) is 0 Å². The number of carbonyl (C=O) groups is 1. The number of aryl methyl sites for hydroxylation is 2. The van der Waals surface area contributed by atoms with Crippen molar-refractivity contribution >= 4 is 16.9 Å². The van der Waals surface area contributed by atoms with Gasteiger partial charge in [-0.25, -0.2) is 0 Å². The van der Waals surface area contributed by atoms with Crippen molar-refractivity contribution in [1.29, 1.82) is 5.26 Å². The summed E-state index contributed by atoms with van der Waals surface area (Å²) in [5, 5.41) is 30.3. The molecule has 7 heteroatoms. The highest BCUT2D eigenvalue weighted by molar-refractivity contribution is 5.93. The Morgan fingerprint density at radius 2 is 2.03 bits per heavy atom. The summed E-state index contributed by atoms with van der Waals surface area (Å²) in [5.41, 5.74) is 3.68. The van der Waals surface area contributed by atoms with E-state index in [9.17, 15) is 20.3 Å². The van der Waals surface area contributed by atoms with Gasteiger partial charge in [0.15, 0.2) is 0 Å². The molecule has 0 amide bonds. The van der Waals surface area contributed by atoms with Crippen LogP contribution in [-0.4, -0.2) is 26.9 Å². The van der Waals surface area contributed by atoms with Crippen LogP contribution < -0.4 is 9.47 Å². The smallest absolute Gasteiger partial charge is 0.304 e. The fraction of sp³-hybridized carbons (Fsp3) is 0.360. The molecule has 166 valence electrons. The summed E-state index contributed by atoms with van der Waals surface area (Å²) < 4.78 is 13.7. The molecule has 0 saturated heterocycles. The maximum atomic E-state index is 11.2. The molecule has 0 radical (unpaired) electrons. The summed E-state index contributed by atoms with van der Waals surface area (Å²) >= 11 is 0. The summed E-state index contributed by atoms with van der Waals surface area (Å²) in [6, 6.07) is 11.3. The third kappa shape index (κ3) is 3.84. The normalized spacial score (nSPS) is 15.0. The average molecular weight is 434 g/mol. The third-order valence-corrected chi connectivity index (χ3v) is 5.88. The van der Waals surface area contributed by atoms with E-state index in [1.807, 2.05) is 43.5 Å². The minimum atomic E-state index is -0.865. The minimum Gasteiger partial charge on any atom is -0.505 e. The Balaban J connectivity index is 1.60. The Hall–Kier alpha value is -3.66.